The van der Waals surface area contributed by atoms with Crippen LogP contribution in [0.3, 0.4) is 0 Å². The molecule has 0 aromatic rings. The van der Waals surface area contributed by atoms with E-state index in [0.717, 1.165) is 23.7 Å². The van der Waals surface area contributed by atoms with Crippen molar-refractivity contribution < 1.29 is 19.7 Å². The lowest BCUT2D eigenvalue weighted by Crippen LogP contribution is -2.41. The standard InChI is InChI=1S/C10H15N3O2.C3H7NO2/c1-7-8(6-12-10(11)9(7)14)13-2-4-15-5-3-13;1-4(2)3(5)6/h6,9,14H,1-5H2,(H2,11,12);1-2H3,(H,5,6). The number of morpholine rings is 1. The van der Waals surface area contributed by atoms with E-state index in [4.69, 9.17) is 15.6 Å². The first-order valence-corrected chi connectivity index (χ1v) is 6.48. The number of carbonyl (C=O) groups is 1. The van der Waals surface area contributed by atoms with Gasteiger partial charge in [-0.05, 0) is 0 Å². The minimum atomic E-state index is -0.907. The lowest BCUT2D eigenvalue weighted by Gasteiger charge is -2.33. The van der Waals surface area contributed by atoms with Gasteiger partial charge in [-0.3, -0.25) is 0 Å². The minimum absolute atomic E-state index is 0.206. The predicted octanol–water partition coefficient (Wildman–Crippen LogP) is -0.326. The second-order valence-corrected chi connectivity index (χ2v) is 4.77. The van der Waals surface area contributed by atoms with E-state index in [-0.39, 0.29) is 5.84 Å². The molecule has 0 radical (unpaired) electrons. The Kier molecular flexibility index (Phi) is 6.19. The van der Waals surface area contributed by atoms with E-state index in [1.54, 1.807) is 6.20 Å². The fourth-order valence-corrected chi connectivity index (χ4v) is 1.70. The molecule has 8 heteroatoms. The molecule has 21 heavy (non-hydrogen) atoms. The van der Waals surface area contributed by atoms with Crippen molar-refractivity contribution in [2.24, 2.45) is 10.7 Å². The van der Waals surface area contributed by atoms with Gasteiger partial charge in [0, 0.05) is 32.8 Å². The van der Waals surface area contributed by atoms with E-state index in [2.05, 4.69) is 16.5 Å². The van der Waals surface area contributed by atoms with Crippen LogP contribution in [0, 0.1) is 0 Å². The maximum atomic E-state index is 9.69. The minimum Gasteiger partial charge on any atom is -0.465 e. The SMILES string of the molecule is C=C1C(N2CCOCC2)=CN=C(N)C1O.CN(C)C(=O)O. The van der Waals surface area contributed by atoms with Crippen LogP contribution < -0.4 is 5.73 Å². The molecule has 2 aliphatic rings. The van der Waals surface area contributed by atoms with E-state index < -0.39 is 12.2 Å². The molecule has 0 spiro atoms. The number of aliphatic hydroxyl groups excluding tert-OH is 1. The van der Waals surface area contributed by atoms with Crippen LogP contribution in [0.5, 0.6) is 0 Å². The normalized spacial score (nSPS) is 21.8. The first-order chi connectivity index (χ1) is 9.84. The summed E-state index contributed by atoms with van der Waals surface area (Å²) in [5.41, 5.74) is 6.99. The first-order valence-electron chi connectivity index (χ1n) is 6.48. The predicted molar refractivity (Wildman–Crippen MR) is 79.0 cm³/mol. The zero-order chi connectivity index (χ0) is 16.0. The third-order valence-corrected chi connectivity index (χ3v) is 3.01. The summed E-state index contributed by atoms with van der Waals surface area (Å²) in [5, 5.41) is 17.6. The molecular weight excluding hydrogens is 276 g/mol. The Morgan fingerprint density at radius 3 is 2.52 bits per heavy atom. The number of nitrogens with two attached hydrogens (primary N) is 1. The van der Waals surface area contributed by atoms with E-state index in [9.17, 15) is 9.90 Å². The van der Waals surface area contributed by atoms with Gasteiger partial charge in [0.1, 0.15) is 11.9 Å². The summed E-state index contributed by atoms with van der Waals surface area (Å²) in [5.74, 6) is 0.206. The molecule has 1 fully saturated rings. The summed E-state index contributed by atoms with van der Waals surface area (Å²) in [6, 6.07) is 0. The van der Waals surface area contributed by atoms with Crippen molar-refractivity contribution >= 4 is 11.9 Å². The van der Waals surface area contributed by atoms with E-state index in [1.165, 1.54) is 14.1 Å². The molecule has 0 saturated carbocycles. The van der Waals surface area contributed by atoms with Gasteiger partial charge in [0.05, 0.1) is 25.1 Å². The first kappa shape index (κ1) is 17.0. The number of amides is 1. The summed E-state index contributed by atoms with van der Waals surface area (Å²) >= 11 is 0. The zero-order valence-electron chi connectivity index (χ0n) is 12.3. The van der Waals surface area contributed by atoms with Crippen molar-refractivity contribution in [2.45, 2.75) is 6.10 Å². The summed E-state index contributed by atoms with van der Waals surface area (Å²) in [7, 11) is 2.95. The van der Waals surface area contributed by atoms with Crippen molar-refractivity contribution in [1.82, 2.24) is 9.80 Å². The average Bonchev–Trinajstić information content (AvgIpc) is 2.46. The van der Waals surface area contributed by atoms with Crippen molar-refractivity contribution in [3.8, 4) is 0 Å². The maximum Gasteiger partial charge on any atom is 0.406 e. The molecule has 0 aromatic heterocycles. The molecular formula is C13H22N4O4. The molecule has 118 valence electrons. The molecule has 1 unspecified atom stereocenters. The van der Waals surface area contributed by atoms with Crippen LogP contribution in [-0.4, -0.2) is 78.4 Å². The Hall–Kier alpha value is -2.06. The Bertz CT molecular complexity index is 453. The van der Waals surface area contributed by atoms with E-state index in [1.807, 2.05) is 0 Å². The second kappa shape index (κ2) is 7.65. The highest BCUT2D eigenvalue weighted by Gasteiger charge is 2.25. The number of rotatable bonds is 1. The molecule has 2 aliphatic heterocycles. The summed E-state index contributed by atoms with van der Waals surface area (Å²) in [6.45, 7) is 6.83. The van der Waals surface area contributed by atoms with Gasteiger partial charge >= 0.3 is 6.09 Å². The molecule has 0 aromatic carbocycles. The Morgan fingerprint density at radius 1 is 1.52 bits per heavy atom. The average molecular weight is 298 g/mol. The highest BCUT2D eigenvalue weighted by Crippen LogP contribution is 2.22. The molecule has 0 aliphatic carbocycles. The van der Waals surface area contributed by atoms with Crippen LogP contribution in [0.1, 0.15) is 0 Å². The topological polar surface area (TPSA) is 112 Å². The maximum absolute atomic E-state index is 9.69. The molecule has 0 bridgehead atoms. The molecule has 2 heterocycles. The third kappa shape index (κ3) is 4.76. The fourth-order valence-electron chi connectivity index (χ4n) is 1.70. The fraction of sp³-hybridized carbons (Fsp3) is 0.538. The van der Waals surface area contributed by atoms with Crippen molar-refractivity contribution in [3.05, 3.63) is 24.0 Å². The number of aliphatic imine (C=N–C) groups is 1. The van der Waals surface area contributed by atoms with Crippen LogP contribution >= 0.6 is 0 Å². The van der Waals surface area contributed by atoms with Crippen LogP contribution in [-0.2, 0) is 4.74 Å². The smallest absolute Gasteiger partial charge is 0.406 e. The Balaban J connectivity index is 0.000000315. The monoisotopic (exact) mass is 298 g/mol. The Morgan fingerprint density at radius 2 is 2.05 bits per heavy atom. The van der Waals surface area contributed by atoms with Crippen LogP contribution in [0.2, 0.25) is 0 Å². The molecule has 8 nitrogen and oxygen atoms in total. The van der Waals surface area contributed by atoms with Gasteiger partial charge in [-0.15, -0.1) is 0 Å². The van der Waals surface area contributed by atoms with Crippen LogP contribution in [0.4, 0.5) is 4.79 Å². The zero-order valence-corrected chi connectivity index (χ0v) is 12.3. The summed E-state index contributed by atoms with van der Waals surface area (Å²) in [4.78, 5) is 16.8. The van der Waals surface area contributed by atoms with E-state index >= 15 is 0 Å². The van der Waals surface area contributed by atoms with Crippen molar-refractivity contribution in [2.75, 3.05) is 40.4 Å². The van der Waals surface area contributed by atoms with Gasteiger partial charge in [-0.2, -0.15) is 0 Å². The van der Waals surface area contributed by atoms with Crippen molar-refractivity contribution in [1.29, 1.82) is 0 Å². The van der Waals surface area contributed by atoms with E-state index in [0.29, 0.717) is 18.8 Å². The molecule has 1 atom stereocenters. The molecule has 4 N–H and O–H groups in total. The number of ether oxygens (including phenoxy) is 1. The summed E-state index contributed by atoms with van der Waals surface area (Å²) in [6.07, 6.45) is -0.0988. The van der Waals surface area contributed by atoms with Gasteiger partial charge in [0.25, 0.3) is 0 Å². The number of nitrogens with zero attached hydrogens (tertiary/aromatic N) is 3. The van der Waals surface area contributed by atoms with Gasteiger partial charge < -0.3 is 30.5 Å². The highest BCUT2D eigenvalue weighted by molar-refractivity contribution is 5.90. The molecule has 2 rings (SSSR count). The lowest BCUT2D eigenvalue weighted by atomic mass is 10.0. The number of amidine groups is 1. The number of aliphatic hydroxyl groups is 1. The highest BCUT2D eigenvalue weighted by atomic mass is 16.5. The van der Waals surface area contributed by atoms with Gasteiger partial charge in [0.2, 0.25) is 0 Å². The molecule has 1 saturated heterocycles. The van der Waals surface area contributed by atoms with Crippen LogP contribution in [0.15, 0.2) is 29.0 Å². The quantitative estimate of drug-likeness (QED) is 0.611. The lowest BCUT2D eigenvalue weighted by molar-refractivity contribution is 0.0534. The van der Waals surface area contributed by atoms with Gasteiger partial charge in [-0.1, -0.05) is 6.58 Å². The second-order valence-electron chi connectivity index (χ2n) is 4.77. The third-order valence-electron chi connectivity index (χ3n) is 3.01. The van der Waals surface area contributed by atoms with Crippen LogP contribution in [0.25, 0.3) is 0 Å². The number of hydrogen-bond acceptors (Lipinski definition) is 6. The number of hydrogen-bond donors (Lipinski definition) is 3. The van der Waals surface area contributed by atoms with Gasteiger partial charge in [-0.25, -0.2) is 9.79 Å². The molecule has 1 amide bonds. The Labute approximate surface area is 123 Å². The number of carboxylic acid groups (broad SMARTS) is 1. The van der Waals surface area contributed by atoms with Crippen molar-refractivity contribution in [3.63, 3.8) is 0 Å². The van der Waals surface area contributed by atoms with Gasteiger partial charge in [0.15, 0.2) is 0 Å². The largest absolute Gasteiger partial charge is 0.465 e. The summed E-state index contributed by atoms with van der Waals surface area (Å²) < 4.78 is 5.25.